The molecule has 1 saturated heterocycles. The lowest BCUT2D eigenvalue weighted by Crippen LogP contribution is -2.41. The standard InChI is InChI=1S/C15H18N2O4S/c1-9-3-10(2)5-11(4-9)14(15(20)21)16-12(18)6-17-8-22-7-13(17)19/h3-5,14H,6-8H2,1-2H3,(H,16,18)(H,20,21). The number of carboxylic acid groups (broad SMARTS) is 1. The fourth-order valence-corrected chi connectivity index (χ4v) is 3.29. The third kappa shape index (κ3) is 4.00. The Hall–Kier alpha value is -2.02. The van der Waals surface area contributed by atoms with Gasteiger partial charge in [-0.05, 0) is 19.4 Å². The van der Waals surface area contributed by atoms with Gasteiger partial charge in [0, 0.05) is 0 Å². The van der Waals surface area contributed by atoms with Crippen LogP contribution in [0, 0.1) is 13.8 Å². The van der Waals surface area contributed by atoms with E-state index in [2.05, 4.69) is 5.32 Å². The predicted molar refractivity (Wildman–Crippen MR) is 83.5 cm³/mol. The van der Waals surface area contributed by atoms with E-state index in [-0.39, 0.29) is 12.5 Å². The number of nitrogens with zero attached hydrogens (tertiary/aromatic N) is 1. The summed E-state index contributed by atoms with van der Waals surface area (Å²) in [6, 6.07) is 4.30. The number of hydrogen-bond acceptors (Lipinski definition) is 4. The van der Waals surface area contributed by atoms with Gasteiger partial charge in [-0.25, -0.2) is 4.79 Å². The van der Waals surface area contributed by atoms with E-state index in [0.717, 1.165) is 11.1 Å². The van der Waals surface area contributed by atoms with E-state index in [0.29, 0.717) is 17.2 Å². The van der Waals surface area contributed by atoms with Crippen molar-refractivity contribution in [3.05, 3.63) is 34.9 Å². The summed E-state index contributed by atoms with van der Waals surface area (Å²) in [5.41, 5.74) is 2.39. The Morgan fingerprint density at radius 3 is 2.45 bits per heavy atom. The molecule has 22 heavy (non-hydrogen) atoms. The van der Waals surface area contributed by atoms with Crippen LogP contribution in [0.25, 0.3) is 0 Å². The van der Waals surface area contributed by atoms with Crippen molar-refractivity contribution in [2.45, 2.75) is 19.9 Å². The molecule has 6 nitrogen and oxygen atoms in total. The predicted octanol–water partition coefficient (Wildman–Crippen LogP) is 1.08. The van der Waals surface area contributed by atoms with Crippen LogP contribution >= 0.6 is 11.8 Å². The second kappa shape index (κ2) is 6.83. The smallest absolute Gasteiger partial charge is 0.330 e. The van der Waals surface area contributed by atoms with Gasteiger partial charge in [-0.3, -0.25) is 9.59 Å². The Kier molecular flexibility index (Phi) is 5.07. The highest BCUT2D eigenvalue weighted by Gasteiger charge is 2.26. The molecule has 1 unspecified atom stereocenters. The number of hydrogen-bond donors (Lipinski definition) is 2. The molecular weight excluding hydrogens is 304 g/mol. The third-order valence-corrected chi connectivity index (χ3v) is 4.23. The molecule has 0 spiro atoms. The van der Waals surface area contributed by atoms with Crippen LogP contribution < -0.4 is 5.32 Å². The summed E-state index contributed by atoms with van der Waals surface area (Å²) in [5.74, 6) is -0.860. The average molecular weight is 322 g/mol. The van der Waals surface area contributed by atoms with Gasteiger partial charge in [-0.15, -0.1) is 11.8 Å². The molecule has 1 aromatic carbocycles. The molecule has 1 aliphatic heterocycles. The van der Waals surface area contributed by atoms with Crippen molar-refractivity contribution in [2.75, 3.05) is 18.2 Å². The van der Waals surface area contributed by atoms with Crippen molar-refractivity contribution in [2.24, 2.45) is 0 Å². The highest BCUT2D eigenvalue weighted by Crippen LogP contribution is 2.18. The van der Waals surface area contributed by atoms with Gasteiger partial charge in [0.05, 0.1) is 11.6 Å². The van der Waals surface area contributed by atoms with E-state index in [4.69, 9.17) is 0 Å². The molecule has 7 heteroatoms. The first-order valence-corrected chi connectivity index (χ1v) is 7.98. The lowest BCUT2D eigenvalue weighted by molar-refractivity contribution is -0.142. The maximum Gasteiger partial charge on any atom is 0.330 e. The summed E-state index contributed by atoms with van der Waals surface area (Å²) in [6.07, 6.45) is 0. The fraction of sp³-hybridized carbons (Fsp3) is 0.400. The highest BCUT2D eigenvalue weighted by molar-refractivity contribution is 8.00. The van der Waals surface area contributed by atoms with E-state index in [1.807, 2.05) is 19.9 Å². The molecule has 2 N–H and O–H groups in total. The molecule has 0 aromatic heterocycles. The van der Waals surface area contributed by atoms with E-state index in [9.17, 15) is 19.5 Å². The van der Waals surface area contributed by atoms with Crippen LogP contribution in [-0.4, -0.2) is 46.0 Å². The van der Waals surface area contributed by atoms with Crippen LogP contribution in [-0.2, 0) is 14.4 Å². The quantitative estimate of drug-likeness (QED) is 0.847. The molecule has 1 atom stereocenters. The number of amides is 2. The number of aliphatic carboxylic acids is 1. The number of carbonyl (C=O) groups is 3. The van der Waals surface area contributed by atoms with Gasteiger partial charge in [0.1, 0.15) is 6.54 Å². The third-order valence-electron chi connectivity index (χ3n) is 3.29. The first kappa shape index (κ1) is 16.4. The number of carboxylic acids is 1. The zero-order valence-electron chi connectivity index (χ0n) is 12.5. The number of benzene rings is 1. The Balaban J connectivity index is 2.10. The normalized spacial score (nSPS) is 15.7. The second-order valence-electron chi connectivity index (χ2n) is 5.33. The topological polar surface area (TPSA) is 86.7 Å². The van der Waals surface area contributed by atoms with Gasteiger partial charge in [-0.1, -0.05) is 29.3 Å². The van der Waals surface area contributed by atoms with E-state index >= 15 is 0 Å². The van der Waals surface area contributed by atoms with Crippen LogP contribution in [0.3, 0.4) is 0 Å². The maximum atomic E-state index is 12.0. The maximum absolute atomic E-state index is 12.0. The van der Waals surface area contributed by atoms with Gasteiger partial charge in [0.25, 0.3) is 0 Å². The molecule has 0 aliphatic carbocycles. The Bertz CT molecular complexity index is 597. The first-order chi connectivity index (χ1) is 10.4. The van der Waals surface area contributed by atoms with Crippen molar-refractivity contribution in [3.63, 3.8) is 0 Å². The molecule has 1 aromatic rings. The lowest BCUT2D eigenvalue weighted by Gasteiger charge is -2.19. The zero-order chi connectivity index (χ0) is 16.3. The minimum atomic E-state index is -1.12. The summed E-state index contributed by atoms with van der Waals surface area (Å²) >= 11 is 1.44. The summed E-state index contributed by atoms with van der Waals surface area (Å²) in [7, 11) is 0. The molecule has 0 bridgehead atoms. The van der Waals surface area contributed by atoms with Gasteiger partial charge < -0.3 is 15.3 Å². The van der Waals surface area contributed by atoms with Crippen molar-refractivity contribution >= 4 is 29.5 Å². The Morgan fingerprint density at radius 1 is 1.32 bits per heavy atom. The van der Waals surface area contributed by atoms with Crippen LogP contribution in [0.1, 0.15) is 22.7 Å². The average Bonchev–Trinajstić information content (AvgIpc) is 2.80. The van der Waals surface area contributed by atoms with Gasteiger partial charge in [0.2, 0.25) is 11.8 Å². The highest BCUT2D eigenvalue weighted by atomic mass is 32.2. The molecule has 2 rings (SSSR count). The zero-order valence-corrected chi connectivity index (χ0v) is 13.3. The summed E-state index contributed by atoms with van der Waals surface area (Å²) < 4.78 is 0. The fourth-order valence-electron chi connectivity index (χ4n) is 2.38. The minimum Gasteiger partial charge on any atom is -0.479 e. The van der Waals surface area contributed by atoms with Crippen LogP contribution in [0.2, 0.25) is 0 Å². The second-order valence-corrected chi connectivity index (χ2v) is 6.28. The summed E-state index contributed by atoms with van der Waals surface area (Å²) in [4.78, 5) is 36.4. The van der Waals surface area contributed by atoms with Gasteiger partial charge >= 0.3 is 5.97 Å². The summed E-state index contributed by atoms with van der Waals surface area (Å²) in [6.45, 7) is 3.63. The molecule has 1 fully saturated rings. The minimum absolute atomic E-state index is 0.0987. The number of aryl methyl sites for hydroxylation is 2. The van der Waals surface area contributed by atoms with Crippen molar-refractivity contribution in [1.29, 1.82) is 0 Å². The van der Waals surface area contributed by atoms with Crippen molar-refractivity contribution in [3.8, 4) is 0 Å². The number of thioether (sulfide) groups is 1. The SMILES string of the molecule is Cc1cc(C)cc(C(NC(=O)CN2CSCC2=O)C(=O)O)c1. The Labute approximate surface area is 132 Å². The van der Waals surface area contributed by atoms with E-state index < -0.39 is 17.9 Å². The molecule has 0 radical (unpaired) electrons. The lowest BCUT2D eigenvalue weighted by atomic mass is 10.0. The van der Waals surface area contributed by atoms with Crippen LogP contribution in [0.15, 0.2) is 18.2 Å². The van der Waals surface area contributed by atoms with Gasteiger partial charge in [0.15, 0.2) is 6.04 Å². The number of nitrogens with one attached hydrogen (secondary N) is 1. The molecule has 2 amide bonds. The first-order valence-electron chi connectivity index (χ1n) is 6.82. The molecule has 1 heterocycles. The number of rotatable bonds is 5. The van der Waals surface area contributed by atoms with Crippen LogP contribution in [0.4, 0.5) is 0 Å². The van der Waals surface area contributed by atoms with Crippen LogP contribution in [0.5, 0.6) is 0 Å². The molecule has 118 valence electrons. The van der Waals surface area contributed by atoms with Gasteiger partial charge in [-0.2, -0.15) is 0 Å². The van der Waals surface area contributed by atoms with Crippen molar-refractivity contribution in [1.82, 2.24) is 10.2 Å². The summed E-state index contributed by atoms with van der Waals surface area (Å²) in [5, 5.41) is 11.9. The van der Waals surface area contributed by atoms with Crippen molar-refractivity contribution < 1.29 is 19.5 Å². The monoisotopic (exact) mass is 322 g/mol. The van der Waals surface area contributed by atoms with E-state index in [1.54, 1.807) is 12.1 Å². The largest absolute Gasteiger partial charge is 0.479 e. The molecule has 1 aliphatic rings. The number of carbonyl (C=O) groups excluding carboxylic acids is 2. The molecular formula is C15H18N2O4S. The Morgan fingerprint density at radius 2 is 1.95 bits per heavy atom. The molecule has 0 saturated carbocycles. The van der Waals surface area contributed by atoms with E-state index in [1.165, 1.54) is 16.7 Å².